The van der Waals surface area contributed by atoms with Crippen molar-refractivity contribution < 1.29 is 22.4 Å². The van der Waals surface area contributed by atoms with Crippen LogP contribution in [0.25, 0.3) is 5.69 Å². The second kappa shape index (κ2) is 8.01. The van der Waals surface area contributed by atoms with E-state index < -0.39 is 29.3 Å². The first-order valence-electron chi connectivity index (χ1n) is 8.98. The third-order valence-electron chi connectivity index (χ3n) is 4.31. The molecule has 4 aromatic rings. The third-order valence-corrected chi connectivity index (χ3v) is 4.31. The number of carbonyl (C=O) groups is 1. The van der Waals surface area contributed by atoms with Crippen molar-refractivity contribution in [2.75, 3.05) is 5.32 Å². The summed E-state index contributed by atoms with van der Waals surface area (Å²) in [4.78, 5) is 12.6. The number of hydrogen-bond acceptors (Lipinski definition) is 4. The number of hydrogen-bond donors (Lipinski definition) is 1. The number of aromatic nitrogens is 5. The van der Waals surface area contributed by atoms with E-state index in [1.807, 2.05) is 0 Å². The summed E-state index contributed by atoms with van der Waals surface area (Å²) in [7, 11) is 0. The van der Waals surface area contributed by atoms with Crippen LogP contribution in [0.5, 0.6) is 0 Å². The molecule has 7 nitrogen and oxygen atoms in total. The number of amides is 1. The molecule has 0 bridgehead atoms. The number of rotatable bonds is 5. The van der Waals surface area contributed by atoms with Gasteiger partial charge in [0.25, 0.3) is 5.91 Å². The van der Waals surface area contributed by atoms with Crippen molar-refractivity contribution in [1.29, 1.82) is 0 Å². The molecule has 2 heterocycles. The van der Waals surface area contributed by atoms with Crippen molar-refractivity contribution in [3.63, 3.8) is 0 Å². The first-order valence-corrected chi connectivity index (χ1v) is 8.98. The summed E-state index contributed by atoms with van der Waals surface area (Å²) in [5.41, 5.74) is -1.26. The molecule has 0 unspecified atom stereocenters. The molecule has 0 atom stereocenters. The standard InChI is InChI=1S/C20H14F4N6O/c21-14-5-7-16(8-6-14)30-18(20(22,23)24)17(27-28-30)19(31)26-15-4-1-3-13(11-15)12-29-10-2-9-25-29/h1-11H,12H2,(H,26,31). The highest BCUT2D eigenvalue weighted by molar-refractivity contribution is 6.03. The van der Waals surface area contributed by atoms with E-state index >= 15 is 0 Å². The Morgan fingerprint density at radius 3 is 2.52 bits per heavy atom. The van der Waals surface area contributed by atoms with Crippen molar-refractivity contribution in [1.82, 2.24) is 24.8 Å². The molecule has 0 radical (unpaired) electrons. The van der Waals surface area contributed by atoms with Gasteiger partial charge in [-0.2, -0.15) is 18.3 Å². The van der Waals surface area contributed by atoms with E-state index in [1.165, 1.54) is 0 Å². The van der Waals surface area contributed by atoms with Crippen LogP contribution in [0, 0.1) is 5.82 Å². The lowest BCUT2D eigenvalue weighted by Gasteiger charge is -2.11. The summed E-state index contributed by atoms with van der Waals surface area (Å²) in [6, 6.07) is 12.6. The van der Waals surface area contributed by atoms with Crippen LogP contribution >= 0.6 is 0 Å². The maximum absolute atomic E-state index is 13.7. The van der Waals surface area contributed by atoms with Gasteiger partial charge >= 0.3 is 6.18 Å². The molecule has 158 valence electrons. The zero-order valence-electron chi connectivity index (χ0n) is 15.7. The molecular weight excluding hydrogens is 416 g/mol. The van der Waals surface area contributed by atoms with Gasteiger partial charge in [0.05, 0.1) is 12.2 Å². The molecule has 4 rings (SSSR count). The summed E-state index contributed by atoms with van der Waals surface area (Å²) >= 11 is 0. The third kappa shape index (κ3) is 4.44. The smallest absolute Gasteiger partial charge is 0.321 e. The van der Waals surface area contributed by atoms with Crippen molar-refractivity contribution in [2.45, 2.75) is 12.7 Å². The Morgan fingerprint density at radius 2 is 1.84 bits per heavy atom. The van der Waals surface area contributed by atoms with Gasteiger partial charge in [-0.1, -0.05) is 17.3 Å². The van der Waals surface area contributed by atoms with Crippen LogP contribution in [0.2, 0.25) is 0 Å². The quantitative estimate of drug-likeness (QED) is 0.487. The van der Waals surface area contributed by atoms with Gasteiger partial charge in [0.15, 0.2) is 11.4 Å². The predicted molar refractivity (Wildman–Crippen MR) is 102 cm³/mol. The second-order valence-corrected chi connectivity index (χ2v) is 6.53. The van der Waals surface area contributed by atoms with E-state index in [1.54, 1.807) is 47.4 Å². The first-order chi connectivity index (χ1) is 14.8. The van der Waals surface area contributed by atoms with Crippen LogP contribution in [0.15, 0.2) is 67.0 Å². The summed E-state index contributed by atoms with van der Waals surface area (Å²) in [5.74, 6) is -1.69. The predicted octanol–water partition coefficient (Wildman–Crippen LogP) is 3.92. The van der Waals surface area contributed by atoms with Gasteiger partial charge < -0.3 is 5.32 Å². The molecule has 2 aromatic heterocycles. The molecule has 0 fully saturated rings. The summed E-state index contributed by atoms with van der Waals surface area (Å²) in [5, 5.41) is 13.4. The monoisotopic (exact) mass is 430 g/mol. The van der Waals surface area contributed by atoms with Gasteiger partial charge in [-0.05, 0) is 48.0 Å². The molecule has 0 spiro atoms. The number of halogens is 4. The van der Waals surface area contributed by atoms with Crippen LogP contribution in [-0.4, -0.2) is 30.7 Å². The minimum absolute atomic E-state index is 0.0819. The van der Waals surface area contributed by atoms with Gasteiger partial charge in [0.1, 0.15) is 5.82 Å². The average Bonchev–Trinajstić information content (AvgIpc) is 3.38. The van der Waals surface area contributed by atoms with E-state index in [-0.39, 0.29) is 5.69 Å². The van der Waals surface area contributed by atoms with Crippen LogP contribution in [0.1, 0.15) is 21.7 Å². The minimum atomic E-state index is -4.92. The van der Waals surface area contributed by atoms with Gasteiger partial charge in [0.2, 0.25) is 0 Å². The lowest BCUT2D eigenvalue weighted by Crippen LogP contribution is -2.21. The Kier molecular flexibility index (Phi) is 5.24. The number of benzene rings is 2. The zero-order chi connectivity index (χ0) is 22.0. The zero-order valence-corrected chi connectivity index (χ0v) is 15.7. The van der Waals surface area contributed by atoms with E-state index in [2.05, 4.69) is 20.7 Å². The highest BCUT2D eigenvalue weighted by Crippen LogP contribution is 2.33. The fourth-order valence-corrected chi connectivity index (χ4v) is 2.97. The lowest BCUT2D eigenvalue weighted by molar-refractivity contribution is -0.143. The summed E-state index contributed by atoms with van der Waals surface area (Å²) < 4.78 is 56.4. The van der Waals surface area contributed by atoms with Crippen LogP contribution in [-0.2, 0) is 12.7 Å². The van der Waals surface area contributed by atoms with Crippen LogP contribution in [0.3, 0.4) is 0 Å². The van der Waals surface area contributed by atoms with E-state index in [0.717, 1.165) is 29.8 Å². The molecule has 0 aliphatic heterocycles. The maximum Gasteiger partial charge on any atom is 0.435 e. The number of nitrogens with one attached hydrogen (secondary N) is 1. The van der Waals surface area contributed by atoms with Gasteiger partial charge in [-0.3, -0.25) is 9.48 Å². The topological polar surface area (TPSA) is 77.6 Å². The molecule has 11 heteroatoms. The van der Waals surface area contributed by atoms with E-state index in [0.29, 0.717) is 16.9 Å². The fourth-order valence-electron chi connectivity index (χ4n) is 2.97. The molecule has 0 saturated heterocycles. The van der Waals surface area contributed by atoms with Crippen molar-refractivity contribution in [2.24, 2.45) is 0 Å². The SMILES string of the molecule is O=C(Nc1cccc(Cn2cccn2)c1)c1nnn(-c2ccc(F)cc2)c1C(F)(F)F. The van der Waals surface area contributed by atoms with Gasteiger partial charge in [-0.15, -0.1) is 5.10 Å². The number of carbonyl (C=O) groups excluding carboxylic acids is 1. The Labute approximate surface area is 172 Å². The van der Waals surface area contributed by atoms with Crippen LogP contribution in [0.4, 0.5) is 23.2 Å². The number of anilines is 1. The second-order valence-electron chi connectivity index (χ2n) is 6.53. The number of nitrogens with zero attached hydrogens (tertiary/aromatic N) is 5. The molecular formula is C20H14F4N6O. The highest BCUT2D eigenvalue weighted by atomic mass is 19.4. The number of alkyl halides is 3. The van der Waals surface area contributed by atoms with Gasteiger partial charge in [-0.25, -0.2) is 9.07 Å². The Bertz CT molecular complexity index is 1200. The Morgan fingerprint density at radius 1 is 1.06 bits per heavy atom. The van der Waals surface area contributed by atoms with Crippen molar-refractivity contribution in [3.05, 3.63) is 89.8 Å². The largest absolute Gasteiger partial charge is 0.435 e. The maximum atomic E-state index is 13.7. The summed E-state index contributed by atoms with van der Waals surface area (Å²) in [6.07, 6.45) is -1.55. The van der Waals surface area contributed by atoms with Gasteiger partial charge in [0, 0.05) is 18.1 Å². The lowest BCUT2D eigenvalue weighted by atomic mass is 10.2. The van der Waals surface area contributed by atoms with E-state index in [4.69, 9.17) is 0 Å². The highest BCUT2D eigenvalue weighted by Gasteiger charge is 2.42. The Balaban J connectivity index is 1.62. The summed E-state index contributed by atoms with van der Waals surface area (Å²) in [6.45, 7) is 0.422. The minimum Gasteiger partial charge on any atom is -0.321 e. The molecule has 31 heavy (non-hydrogen) atoms. The normalized spacial score (nSPS) is 11.5. The first kappa shape index (κ1) is 20.3. The molecule has 0 saturated carbocycles. The molecule has 2 aromatic carbocycles. The van der Waals surface area contributed by atoms with Crippen molar-refractivity contribution in [3.8, 4) is 5.69 Å². The fraction of sp³-hybridized carbons (Fsp3) is 0.100. The molecule has 0 aliphatic carbocycles. The Hall–Kier alpha value is -4.02. The van der Waals surface area contributed by atoms with E-state index in [9.17, 15) is 22.4 Å². The van der Waals surface area contributed by atoms with Crippen LogP contribution < -0.4 is 5.32 Å². The molecule has 0 aliphatic rings. The van der Waals surface area contributed by atoms with Crippen molar-refractivity contribution >= 4 is 11.6 Å². The molecule has 1 amide bonds. The average molecular weight is 430 g/mol. The molecule has 1 N–H and O–H groups in total.